The summed E-state index contributed by atoms with van der Waals surface area (Å²) >= 11 is 0. The Morgan fingerprint density at radius 2 is 0.915 bits per heavy atom. The third-order valence-corrected chi connectivity index (χ3v) is 11.4. The number of aromatic nitrogens is 3. The van der Waals surface area contributed by atoms with Gasteiger partial charge in [-0.05, 0) is 115 Å². The topological polar surface area (TPSA) is 34.0 Å². The summed E-state index contributed by atoms with van der Waals surface area (Å²) in [7, 11) is 0. The monoisotopic (exact) mass is 758 g/mol. The minimum absolute atomic E-state index is 0.740. The van der Waals surface area contributed by atoms with E-state index in [0.29, 0.717) is 0 Å². The predicted molar refractivity (Wildman–Crippen MR) is 247 cm³/mol. The van der Waals surface area contributed by atoms with Crippen LogP contribution < -0.4 is 4.90 Å². The molecule has 282 valence electrons. The molecule has 0 N–H and O–H groups in total. The van der Waals surface area contributed by atoms with E-state index in [-0.39, 0.29) is 0 Å². The summed E-state index contributed by atoms with van der Waals surface area (Å²) in [6.07, 6.45) is 0. The second-order valence-electron chi connectivity index (χ2n) is 15.2. The number of fused-ring (bicyclic) bond motifs is 3. The van der Waals surface area contributed by atoms with Gasteiger partial charge in [0.25, 0.3) is 0 Å². The third-order valence-electron chi connectivity index (χ3n) is 11.4. The second kappa shape index (κ2) is 15.1. The van der Waals surface area contributed by atoms with Crippen molar-refractivity contribution in [2.75, 3.05) is 4.90 Å². The predicted octanol–water partition coefficient (Wildman–Crippen LogP) is 14.6. The van der Waals surface area contributed by atoms with Gasteiger partial charge in [-0.3, -0.25) is 0 Å². The average Bonchev–Trinajstić information content (AvgIpc) is 3.61. The van der Waals surface area contributed by atoms with Gasteiger partial charge in [-0.25, -0.2) is 9.97 Å². The van der Waals surface area contributed by atoms with Gasteiger partial charge < -0.3 is 9.47 Å². The van der Waals surface area contributed by atoms with E-state index in [1.54, 1.807) is 0 Å². The number of para-hydroxylation sites is 3. The summed E-state index contributed by atoms with van der Waals surface area (Å²) in [6, 6.07) is 71.3. The Morgan fingerprint density at radius 3 is 1.56 bits per heavy atom. The molecule has 4 heteroatoms. The second-order valence-corrected chi connectivity index (χ2v) is 15.2. The van der Waals surface area contributed by atoms with Gasteiger partial charge in [-0.1, -0.05) is 133 Å². The maximum Gasteiger partial charge on any atom is 0.160 e. The molecule has 0 saturated carbocycles. The van der Waals surface area contributed by atoms with Crippen LogP contribution in [0.15, 0.2) is 200 Å². The van der Waals surface area contributed by atoms with Crippen LogP contribution in [0.5, 0.6) is 0 Å². The molecule has 10 aromatic rings. The summed E-state index contributed by atoms with van der Waals surface area (Å²) in [5.41, 5.74) is 17.8. The van der Waals surface area contributed by atoms with E-state index < -0.39 is 0 Å². The van der Waals surface area contributed by atoms with Crippen LogP contribution in [-0.2, 0) is 0 Å². The van der Waals surface area contributed by atoms with Crippen LogP contribution in [0.3, 0.4) is 0 Å². The van der Waals surface area contributed by atoms with E-state index >= 15 is 0 Å². The molecule has 4 nitrogen and oxygen atoms in total. The highest BCUT2D eigenvalue weighted by atomic mass is 15.1. The lowest BCUT2D eigenvalue weighted by Crippen LogP contribution is -2.09. The van der Waals surface area contributed by atoms with Crippen molar-refractivity contribution in [2.45, 2.75) is 20.8 Å². The number of aryl methyl sites for hydroxylation is 3. The summed E-state index contributed by atoms with van der Waals surface area (Å²) in [5.74, 6) is 0.740. The molecule has 59 heavy (non-hydrogen) atoms. The van der Waals surface area contributed by atoms with Crippen LogP contribution in [0.1, 0.15) is 16.7 Å². The molecule has 0 saturated heterocycles. The standard InChI is InChI=1S/C55H42N4/c1-37-16-10-12-22-46(37)51-36-52(57-55(56-51)48-23-13-11-17-38(48)2)47-32-28-41(34-39(47)3)40-26-29-44(30-27-40)59-53-25-15-14-24-49(53)50-35-45(31-33-54(50)59)58(42-18-6-4-7-19-42)43-20-8-5-9-21-43/h4-36H,1-3H3. The molecule has 0 aliphatic heterocycles. The zero-order valence-electron chi connectivity index (χ0n) is 33.3. The Labute approximate surface area is 345 Å². The van der Waals surface area contributed by atoms with Crippen molar-refractivity contribution in [3.05, 3.63) is 217 Å². The fourth-order valence-corrected chi connectivity index (χ4v) is 8.44. The van der Waals surface area contributed by atoms with Crippen LogP contribution in [-0.4, -0.2) is 14.5 Å². The zero-order valence-corrected chi connectivity index (χ0v) is 33.3. The maximum absolute atomic E-state index is 5.17. The zero-order chi connectivity index (χ0) is 39.9. The van der Waals surface area contributed by atoms with Crippen molar-refractivity contribution < 1.29 is 0 Å². The summed E-state index contributed by atoms with van der Waals surface area (Å²) < 4.78 is 2.38. The minimum Gasteiger partial charge on any atom is -0.310 e. The van der Waals surface area contributed by atoms with Gasteiger partial charge in [0.15, 0.2) is 5.82 Å². The third kappa shape index (κ3) is 6.65. The van der Waals surface area contributed by atoms with E-state index in [1.807, 2.05) is 0 Å². The highest BCUT2D eigenvalue weighted by molar-refractivity contribution is 6.10. The molecular formula is C55H42N4. The fourth-order valence-electron chi connectivity index (χ4n) is 8.44. The van der Waals surface area contributed by atoms with Gasteiger partial charge in [0, 0.05) is 50.2 Å². The first-order valence-electron chi connectivity index (χ1n) is 20.2. The molecule has 0 amide bonds. The Balaban J connectivity index is 1.01. The quantitative estimate of drug-likeness (QED) is 0.155. The van der Waals surface area contributed by atoms with E-state index in [0.717, 1.165) is 73.3 Å². The molecule has 2 aromatic heterocycles. The number of hydrogen-bond donors (Lipinski definition) is 0. The minimum atomic E-state index is 0.740. The summed E-state index contributed by atoms with van der Waals surface area (Å²) in [5, 5.41) is 2.44. The number of rotatable bonds is 8. The number of anilines is 3. The van der Waals surface area contributed by atoms with Crippen molar-refractivity contribution in [2.24, 2.45) is 0 Å². The van der Waals surface area contributed by atoms with Gasteiger partial charge in [-0.2, -0.15) is 0 Å². The van der Waals surface area contributed by atoms with Crippen LogP contribution in [0.4, 0.5) is 17.1 Å². The van der Waals surface area contributed by atoms with Crippen LogP contribution in [0.25, 0.3) is 72.5 Å². The Morgan fingerprint density at radius 1 is 0.373 bits per heavy atom. The molecule has 0 aliphatic rings. The molecule has 0 radical (unpaired) electrons. The van der Waals surface area contributed by atoms with E-state index in [2.05, 4.69) is 230 Å². The molecule has 10 rings (SSSR count). The van der Waals surface area contributed by atoms with E-state index in [4.69, 9.17) is 9.97 Å². The highest BCUT2D eigenvalue weighted by Crippen LogP contribution is 2.40. The lowest BCUT2D eigenvalue weighted by atomic mass is 9.96. The Kier molecular flexibility index (Phi) is 9.15. The largest absolute Gasteiger partial charge is 0.310 e. The van der Waals surface area contributed by atoms with Crippen LogP contribution in [0.2, 0.25) is 0 Å². The van der Waals surface area contributed by atoms with Gasteiger partial charge in [0.2, 0.25) is 0 Å². The molecule has 0 spiro atoms. The van der Waals surface area contributed by atoms with Crippen molar-refractivity contribution in [3.8, 4) is 50.7 Å². The number of benzene rings is 8. The average molecular weight is 759 g/mol. The summed E-state index contributed by atoms with van der Waals surface area (Å²) in [4.78, 5) is 12.6. The van der Waals surface area contributed by atoms with Gasteiger partial charge in [0.1, 0.15) is 0 Å². The normalized spacial score (nSPS) is 11.3. The molecular weight excluding hydrogens is 717 g/mol. The molecule has 0 bridgehead atoms. The SMILES string of the molecule is Cc1ccccc1-c1cc(-c2ccc(-c3ccc(-n4c5ccccc5c5cc(N(c6ccccc6)c6ccccc6)ccc54)cc3)cc2C)nc(-c2ccccc2C)n1. The summed E-state index contributed by atoms with van der Waals surface area (Å²) in [6.45, 7) is 6.44. The first kappa shape index (κ1) is 35.8. The first-order valence-corrected chi connectivity index (χ1v) is 20.2. The molecule has 0 aliphatic carbocycles. The van der Waals surface area contributed by atoms with Crippen molar-refractivity contribution in [1.82, 2.24) is 14.5 Å². The van der Waals surface area contributed by atoms with E-state index in [1.165, 1.54) is 32.9 Å². The van der Waals surface area contributed by atoms with Gasteiger partial charge in [0.05, 0.1) is 22.4 Å². The van der Waals surface area contributed by atoms with Crippen LogP contribution in [0, 0.1) is 20.8 Å². The lowest BCUT2D eigenvalue weighted by molar-refractivity contribution is 1.17. The maximum atomic E-state index is 5.17. The lowest BCUT2D eigenvalue weighted by Gasteiger charge is -2.25. The Bertz CT molecular complexity index is 3020. The molecule has 0 unspecified atom stereocenters. The van der Waals surface area contributed by atoms with Crippen molar-refractivity contribution in [3.63, 3.8) is 0 Å². The van der Waals surface area contributed by atoms with E-state index in [9.17, 15) is 0 Å². The molecule has 2 heterocycles. The Hall–Kier alpha value is -7.56. The molecule has 0 atom stereocenters. The van der Waals surface area contributed by atoms with Gasteiger partial charge >= 0.3 is 0 Å². The van der Waals surface area contributed by atoms with Crippen molar-refractivity contribution >= 4 is 38.9 Å². The van der Waals surface area contributed by atoms with Crippen molar-refractivity contribution in [1.29, 1.82) is 0 Å². The number of hydrogen-bond acceptors (Lipinski definition) is 3. The first-order chi connectivity index (χ1) is 29.0. The van der Waals surface area contributed by atoms with Crippen LogP contribution >= 0.6 is 0 Å². The highest BCUT2D eigenvalue weighted by Gasteiger charge is 2.18. The molecule has 8 aromatic carbocycles. The molecule has 0 fully saturated rings. The van der Waals surface area contributed by atoms with Gasteiger partial charge in [-0.15, -0.1) is 0 Å². The number of nitrogens with zero attached hydrogens (tertiary/aromatic N) is 4. The fraction of sp³-hybridized carbons (Fsp3) is 0.0545. The smallest absolute Gasteiger partial charge is 0.160 e.